The lowest BCUT2D eigenvalue weighted by atomic mass is 9.67. The van der Waals surface area contributed by atoms with Gasteiger partial charge in [0.2, 0.25) is 0 Å². The molecule has 8 aromatic rings. The molecule has 4 nitrogen and oxygen atoms in total. The van der Waals surface area contributed by atoms with Crippen molar-refractivity contribution < 1.29 is 19.7 Å². The second-order valence-electron chi connectivity index (χ2n) is 14.4. The summed E-state index contributed by atoms with van der Waals surface area (Å²) in [5, 5.41) is 24.0. The molecule has 0 heterocycles. The van der Waals surface area contributed by atoms with Crippen LogP contribution in [0.4, 0.5) is 0 Å². The highest BCUT2D eigenvalue weighted by Gasteiger charge is 2.48. The van der Waals surface area contributed by atoms with Gasteiger partial charge < -0.3 is 19.7 Å². The Morgan fingerprint density at radius 1 is 0.436 bits per heavy atom. The highest BCUT2D eigenvalue weighted by atomic mass is 16.5. The van der Waals surface area contributed by atoms with Gasteiger partial charge in [0.05, 0.1) is 18.6 Å². The molecule has 2 N–H and O–H groups in total. The number of aliphatic hydroxyl groups is 2. The Labute approximate surface area is 321 Å². The molecular weight excluding hydrogens is 677 g/mol. The lowest BCUT2D eigenvalue weighted by molar-refractivity contribution is 0.200. The van der Waals surface area contributed by atoms with Crippen molar-refractivity contribution in [1.82, 2.24) is 0 Å². The molecule has 0 spiro atoms. The molecule has 0 bridgehead atoms. The van der Waals surface area contributed by atoms with Crippen molar-refractivity contribution in [2.75, 3.05) is 26.4 Å². The van der Waals surface area contributed by atoms with Crippen molar-refractivity contribution >= 4 is 21.5 Å². The summed E-state index contributed by atoms with van der Waals surface area (Å²) in [4.78, 5) is 0. The molecule has 0 saturated carbocycles. The number of hydrogen-bond donors (Lipinski definition) is 2. The number of benzene rings is 8. The van der Waals surface area contributed by atoms with Gasteiger partial charge in [-0.2, -0.15) is 0 Å². The second-order valence-corrected chi connectivity index (χ2v) is 14.4. The van der Waals surface area contributed by atoms with Crippen molar-refractivity contribution in [3.8, 4) is 44.9 Å². The first-order chi connectivity index (χ1) is 27.0. The maximum absolute atomic E-state index is 9.58. The van der Waals surface area contributed by atoms with E-state index in [9.17, 15) is 10.2 Å². The first kappa shape index (κ1) is 34.6. The predicted molar refractivity (Wildman–Crippen MR) is 224 cm³/mol. The standard InChI is InChI=1S/C51H42O4/c1-33-31-37(23-25-47(33)54-29-27-52)51(38-24-26-48(34(2)32-38)55-30-28-53)45-21-9-19-43(41-17-7-13-35-11-3-5-15-39(35)41)49(45)50-44(20-10-22-46(50)51)42-18-8-14-36-12-4-6-16-40(36)42/h3-26,31-32,52-53H,27-30H2,1-2H3. The first-order valence-corrected chi connectivity index (χ1v) is 19.0. The zero-order chi connectivity index (χ0) is 37.5. The Morgan fingerprint density at radius 2 is 0.836 bits per heavy atom. The van der Waals surface area contributed by atoms with Gasteiger partial charge >= 0.3 is 0 Å². The molecular formula is C51H42O4. The van der Waals surface area contributed by atoms with Crippen LogP contribution in [0.15, 0.2) is 158 Å². The second kappa shape index (κ2) is 14.2. The van der Waals surface area contributed by atoms with Crippen molar-refractivity contribution in [2.24, 2.45) is 0 Å². The first-order valence-electron chi connectivity index (χ1n) is 19.0. The Morgan fingerprint density at radius 3 is 1.27 bits per heavy atom. The van der Waals surface area contributed by atoms with Gasteiger partial charge in [-0.1, -0.05) is 146 Å². The molecule has 1 aliphatic carbocycles. The molecule has 0 unspecified atom stereocenters. The molecule has 1 aliphatic rings. The summed E-state index contributed by atoms with van der Waals surface area (Å²) in [7, 11) is 0. The van der Waals surface area contributed by atoms with E-state index in [1.54, 1.807) is 0 Å². The zero-order valence-corrected chi connectivity index (χ0v) is 31.1. The summed E-state index contributed by atoms with van der Waals surface area (Å²) in [6, 6.07) is 57.1. The van der Waals surface area contributed by atoms with E-state index in [1.807, 2.05) is 0 Å². The summed E-state index contributed by atoms with van der Waals surface area (Å²) in [5.74, 6) is 1.51. The number of rotatable bonds is 10. The van der Waals surface area contributed by atoms with Gasteiger partial charge in [0.25, 0.3) is 0 Å². The van der Waals surface area contributed by atoms with Gasteiger partial charge in [-0.15, -0.1) is 0 Å². The van der Waals surface area contributed by atoms with Crippen LogP contribution in [0.1, 0.15) is 33.4 Å². The highest BCUT2D eigenvalue weighted by Crippen LogP contribution is 2.61. The Balaban J connectivity index is 1.44. The zero-order valence-electron chi connectivity index (χ0n) is 31.1. The average molecular weight is 719 g/mol. The van der Waals surface area contributed by atoms with Gasteiger partial charge in [0, 0.05) is 0 Å². The lowest BCUT2D eigenvalue weighted by Gasteiger charge is -2.35. The third kappa shape index (κ3) is 5.60. The minimum Gasteiger partial charge on any atom is -0.491 e. The molecule has 0 atom stereocenters. The molecule has 0 fully saturated rings. The van der Waals surface area contributed by atoms with Gasteiger partial charge in [0.15, 0.2) is 0 Å². The van der Waals surface area contributed by atoms with Crippen molar-refractivity contribution in [2.45, 2.75) is 19.3 Å². The summed E-state index contributed by atoms with van der Waals surface area (Å²) in [6.45, 7) is 4.52. The molecule has 0 aliphatic heterocycles. The molecule has 0 aromatic heterocycles. The van der Waals surface area contributed by atoms with Crippen LogP contribution in [0.3, 0.4) is 0 Å². The van der Waals surface area contributed by atoms with E-state index in [-0.39, 0.29) is 26.4 Å². The van der Waals surface area contributed by atoms with E-state index >= 15 is 0 Å². The topological polar surface area (TPSA) is 58.9 Å². The number of fused-ring (bicyclic) bond motifs is 5. The Kier molecular flexibility index (Phi) is 8.94. The quantitative estimate of drug-likeness (QED) is 0.148. The maximum Gasteiger partial charge on any atom is 0.122 e. The number of aryl methyl sites for hydroxylation is 2. The minimum absolute atomic E-state index is 0.0518. The largest absolute Gasteiger partial charge is 0.491 e. The third-order valence-corrected chi connectivity index (χ3v) is 11.3. The number of hydrogen-bond acceptors (Lipinski definition) is 4. The molecule has 8 aromatic carbocycles. The Hall–Kier alpha value is -6.20. The van der Waals surface area contributed by atoms with E-state index in [4.69, 9.17) is 9.47 Å². The van der Waals surface area contributed by atoms with Crippen molar-refractivity contribution in [3.05, 3.63) is 191 Å². The van der Waals surface area contributed by atoms with Crippen LogP contribution in [-0.4, -0.2) is 36.6 Å². The lowest BCUT2D eigenvalue weighted by Crippen LogP contribution is -2.29. The number of ether oxygens (including phenoxy) is 2. The fourth-order valence-corrected chi connectivity index (χ4v) is 8.97. The summed E-state index contributed by atoms with van der Waals surface area (Å²) < 4.78 is 12.0. The predicted octanol–water partition coefficient (Wildman–Crippen LogP) is 11.0. The van der Waals surface area contributed by atoms with E-state index in [0.29, 0.717) is 0 Å². The molecule has 0 saturated heterocycles. The van der Waals surface area contributed by atoms with Gasteiger partial charge in [-0.05, 0) is 114 Å². The van der Waals surface area contributed by atoms with Crippen LogP contribution in [0.25, 0.3) is 54.9 Å². The van der Waals surface area contributed by atoms with Gasteiger partial charge in [-0.25, -0.2) is 0 Å². The van der Waals surface area contributed by atoms with Crippen LogP contribution in [0, 0.1) is 13.8 Å². The SMILES string of the molecule is Cc1cc(C2(c3ccc(OCCO)c(C)c3)c3cccc(-c4cccc5ccccc45)c3-c3c(-c4cccc5ccccc45)cccc32)ccc1OCCO. The van der Waals surface area contributed by atoms with Gasteiger partial charge in [0.1, 0.15) is 24.7 Å². The smallest absolute Gasteiger partial charge is 0.122 e. The molecule has 9 rings (SSSR count). The molecule has 270 valence electrons. The molecule has 4 heteroatoms. The molecule has 55 heavy (non-hydrogen) atoms. The average Bonchev–Trinajstić information content (AvgIpc) is 3.54. The maximum atomic E-state index is 9.58. The minimum atomic E-state index is -0.730. The molecule has 0 radical (unpaired) electrons. The van der Waals surface area contributed by atoms with E-state index in [0.717, 1.165) is 33.8 Å². The fraction of sp³-hybridized carbons (Fsp3) is 0.137. The van der Waals surface area contributed by atoms with Gasteiger partial charge in [-0.3, -0.25) is 0 Å². The van der Waals surface area contributed by atoms with E-state index < -0.39 is 5.41 Å². The van der Waals surface area contributed by atoms with Crippen LogP contribution in [0.2, 0.25) is 0 Å². The highest BCUT2D eigenvalue weighted by molar-refractivity contribution is 6.09. The van der Waals surface area contributed by atoms with Crippen LogP contribution >= 0.6 is 0 Å². The summed E-state index contributed by atoms with van der Waals surface area (Å²) in [5.41, 5.74) is 13.1. The fourth-order valence-electron chi connectivity index (χ4n) is 8.97. The van der Waals surface area contributed by atoms with Crippen LogP contribution in [0.5, 0.6) is 11.5 Å². The van der Waals surface area contributed by atoms with Crippen LogP contribution in [-0.2, 0) is 5.41 Å². The summed E-state index contributed by atoms with van der Waals surface area (Å²) >= 11 is 0. The normalized spacial score (nSPS) is 12.8. The number of aliphatic hydroxyl groups excluding tert-OH is 2. The van der Waals surface area contributed by atoms with Crippen molar-refractivity contribution in [3.63, 3.8) is 0 Å². The van der Waals surface area contributed by atoms with Crippen molar-refractivity contribution in [1.29, 1.82) is 0 Å². The summed E-state index contributed by atoms with van der Waals surface area (Å²) in [6.07, 6.45) is 0. The van der Waals surface area contributed by atoms with Crippen LogP contribution < -0.4 is 9.47 Å². The Bertz CT molecular complexity index is 2530. The molecule has 0 amide bonds. The monoisotopic (exact) mass is 718 g/mol. The van der Waals surface area contributed by atoms with E-state index in [1.165, 1.54) is 66.1 Å². The third-order valence-electron chi connectivity index (χ3n) is 11.3. The van der Waals surface area contributed by atoms with E-state index in [2.05, 4.69) is 172 Å².